The third kappa shape index (κ3) is 3.63. The second-order valence-electron chi connectivity index (χ2n) is 4.69. The van der Waals surface area contributed by atoms with Crippen molar-refractivity contribution in [3.63, 3.8) is 0 Å². The number of anilines is 1. The van der Waals surface area contributed by atoms with Crippen molar-refractivity contribution in [2.75, 3.05) is 30.3 Å². The lowest BCUT2D eigenvalue weighted by Crippen LogP contribution is -2.41. The number of hydrogen-bond acceptors (Lipinski definition) is 6. The number of piperidine rings is 1. The average Bonchev–Trinajstić information content (AvgIpc) is 2.78. The lowest BCUT2D eigenvalue weighted by Gasteiger charge is -2.32. The number of hydrogen-bond donors (Lipinski definition) is 1. The van der Waals surface area contributed by atoms with E-state index < -0.39 is 5.97 Å². The van der Waals surface area contributed by atoms with Crippen LogP contribution in [0.25, 0.3) is 0 Å². The molecule has 1 aliphatic heterocycles. The minimum Gasteiger partial charge on any atom is -0.481 e. The third-order valence-corrected chi connectivity index (χ3v) is 4.21. The Morgan fingerprint density at radius 1 is 1.55 bits per heavy atom. The van der Waals surface area contributed by atoms with Gasteiger partial charge in [0, 0.05) is 26.7 Å². The molecule has 1 unspecified atom stereocenters. The Balaban J connectivity index is 2.03. The number of carboxylic acid groups (broad SMARTS) is 1. The fourth-order valence-corrected chi connectivity index (χ4v) is 2.95. The van der Waals surface area contributed by atoms with E-state index >= 15 is 0 Å². The van der Waals surface area contributed by atoms with Crippen LogP contribution in [0.2, 0.25) is 0 Å². The van der Waals surface area contributed by atoms with Gasteiger partial charge in [0.2, 0.25) is 5.95 Å². The van der Waals surface area contributed by atoms with Crippen LogP contribution in [0.3, 0.4) is 0 Å². The quantitative estimate of drug-likeness (QED) is 0.785. The molecule has 0 aliphatic carbocycles. The van der Waals surface area contributed by atoms with Gasteiger partial charge in [0.25, 0.3) is 0 Å². The summed E-state index contributed by atoms with van der Waals surface area (Å²) in [7, 11) is 1.86. The molecule has 1 aromatic heterocycles. The van der Waals surface area contributed by atoms with Gasteiger partial charge in [0.15, 0.2) is 5.16 Å². The summed E-state index contributed by atoms with van der Waals surface area (Å²) >= 11 is 1.18. The molecule has 2 rings (SSSR count). The first kappa shape index (κ1) is 15.1. The van der Waals surface area contributed by atoms with E-state index in [-0.39, 0.29) is 11.9 Å². The molecule has 1 fully saturated rings. The molecule has 1 saturated heterocycles. The number of carbonyl (C=O) groups is 1. The van der Waals surface area contributed by atoms with Crippen molar-refractivity contribution >= 4 is 23.7 Å². The van der Waals surface area contributed by atoms with Crippen LogP contribution in [-0.2, 0) is 16.6 Å². The lowest BCUT2D eigenvalue weighted by atomic mass is 10.1. The average molecular weight is 300 g/mol. The minimum absolute atomic E-state index is 0.00640. The van der Waals surface area contributed by atoms with Crippen LogP contribution in [0.5, 0.6) is 0 Å². The van der Waals surface area contributed by atoms with Gasteiger partial charge in [-0.3, -0.25) is 9.36 Å². The Bertz CT molecular complexity index is 464. The van der Waals surface area contributed by atoms with Crippen LogP contribution < -0.4 is 4.90 Å². The lowest BCUT2D eigenvalue weighted by molar-refractivity contribution is -0.133. The van der Waals surface area contributed by atoms with E-state index in [4.69, 9.17) is 9.84 Å². The molecule has 1 aromatic rings. The highest BCUT2D eigenvalue weighted by atomic mass is 32.2. The molecule has 1 aliphatic rings. The monoisotopic (exact) mass is 300 g/mol. The molecule has 0 bridgehead atoms. The van der Waals surface area contributed by atoms with E-state index in [1.807, 2.05) is 18.5 Å². The van der Waals surface area contributed by atoms with Gasteiger partial charge in [-0.05, 0) is 19.8 Å². The smallest absolute Gasteiger partial charge is 0.313 e. The predicted octanol–water partition coefficient (Wildman–Crippen LogP) is 0.997. The Hall–Kier alpha value is -1.28. The second-order valence-corrected chi connectivity index (χ2v) is 5.63. The van der Waals surface area contributed by atoms with Gasteiger partial charge in [-0.1, -0.05) is 11.8 Å². The molecule has 2 heterocycles. The highest BCUT2D eigenvalue weighted by Crippen LogP contribution is 2.23. The molecular formula is C12H20N4O3S. The highest BCUT2D eigenvalue weighted by Gasteiger charge is 2.24. The summed E-state index contributed by atoms with van der Waals surface area (Å²) < 4.78 is 7.53. The van der Waals surface area contributed by atoms with Crippen molar-refractivity contribution in [3.05, 3.63) is 0 Å². The van der Waals surface area contributed by atoms with Crippen LogP contribution in [0, 0.1) is 0 Å². The largest absolute Gasteiger partial charge is 0.481 e. The first-order valence-corrected chi connectivity index (χ1v) is 7.71. The molecule has 112 valence electrons. The summed E-state index contributed by atoms with van der Waals surface area (Å²) in [6.45, 7) is 4.46. The summed E-state index contributed by atoms with van der Waals surface area (Å²) in [6, 6.07) is 0. The van der Waals surface area contributed by atoms with Gasteiger partial charge in [-0.25, -0.2) is 0 Å². The van der Waals surface area contributed by atoms with Gasteiger partial charge in [-0.2, -0.15) is 0 Å². The molecule has 0 aromatic carbocycles. The molecule has 0 spiro atoms. The first-order chi connectivity index (χ1) is 9.61. The zero-order valence-corrected chi connectivity index (χ0v) is 12.6. The van der Waals surface area contributed by atoms with Gasteiger partial charge < -0.3 is 14.7 Å². The van der Waals surface area contributed by atoms with Crippen molar-refractivity contribution < 1.29 is 14.6 Å². The second kappa shape index (κ2) is 6.94. The molecule has 0 saturated carbocycles. The molecule has 1 atom stereocenters. The maximum atomic E-state index is 10.6. The highest BCUT2D eigenvalue weighted by molar-refractivity contribution is 7.99. The molecule has 20 heavy (non-hydrogen) atoms. The number of nitrogens with zero attached hydrogens (tertiary/aromatic N) is 4. The summed E-state index contributed by atoms with van der Waals surface area (Å²) in [4.78, 5) is 12.8. The Kier molecular flexibility index (Phi) is 5.24. The Morgan fingerprint density at radius 3 is 3.05 bits per heavy atom. The van der Waals surface area contributed by atoms with Crippen LogP contribution in [0.4, 0.5) is 5.95 Å². The van der Waals surface area contributed by atoms with E-state index in [1.165, 1.54) is 11.8 Å². The van der Waals surface area contributed by atoms with E-state index in [9.17, 15) is 4.79 Å². The van der Waals surface area contributed by atoms with Crippen LogP contribution in [0.1, 0.15) is 19.8 Å². The number of aromatic nitrogens is 3. The Labute approximate surface area is 122 Å². The normalized spacial score (nSPS) is 19.3. The van der Waals surface area contributed by atoms with Gasteiger partial charge in [-0.15, -0.1) is 10.2 Å². The summed E-state index contributed by atoms with van der Waals surface area (Å²) in [5, 5.41) is 17.6. The third-order valence-electron chi connectivity index (χ3n) is 3.20. The van der Waals surface area contributed by atoms with Gasteiger partial charge in [0.1, 0.15) is 0 Å². The van der Waals surface area contributed by atoms with E-state index in [0.717, 1.165) is 38.5 Å². The topological polar surface area (TPSA) is 80.5 Å². The van der Waals surface area contributed by atoms with Crippen LogP contribution in [0.15, 0.2) is 5.16 Å². The number of thioether (sulfide) groups is 1. The zero-order valence-electron chi connectivity index (χ0n) is 11.8. The molecule has 8 heteroatoms. The number of rotatable bonds is 6. The van der Waals surface area contributed by atoms with Gasteiger partial charge >= 0.3 is 5.97 Å². The molecular weight excluding hydrogens is 280 g/mol. The first-order valence-electron chi connectivity index (χ1n) is 6.72. The fourth-order valence-electron chi connectivity index (χ4n) is 2.33. The van der Waals surface area contributed by atoms with Crippen molar-refractivity contribution in [2.45, 2.75) is 31.0 Å². The van der Waals surface area contributed by atoms with Crippen molar-refractivity contribution in [1.29, 1.82) is 0 Å². The molecule has 0 radical (unpaired) electrons. The molecule has 1 N–H and O–H groups in total. The van der Waals surface area contributed by atoms with Crippen molar-refractivity contribution in [1.82, 2.24) is 14.8 Å². The van der Waals surface area contributed by atoms with Crippen LogP contribution >= 0.6 is 11.8 Å². The zero-order chi connectivity index (χ0) is 14.5. The summed E-state index contributed by atoms with van der Waals surface area (Å²) in [5.41, 5.74) is 0. The van der Waals surface area contributed by atoms with Crippen molar-refractivity contribution in [3.8, 4) is 0 Å². The number of carboxylic acids is 1. The van der Waals surface area contributed by atoms with E-state index in [1.54, 1.807) is 0 Å². The predicted molar refractivity (Wildman–Crippen MR) is 76.2 cm³/mol. The number of aliphatic carboxylic acids is 1. The minimum atomic E-state index is -0.853. The van der Waals surface area contributed by atoms with E-state index in [2.05, 4.69) is 15.1 Å². The Morgan fingerprint density at radius 2 is 2.35 bits per heavy atom. The standard InChI is InChI=1S/C12H20N4O3S/c1-3-19-9-5-4-6-16(7-9)11-13-14-12(15(11)2)20-8-10(17)18/h9H,3-8H2,1-2H3,(H,17,18). The van der Waals surface area contributed by atoms with Crippen LogP contribution in [-0.4, -0.2) is 57.4 Å². The van der Waals surface area contributed by atoms with Gasteiger partial charge in [0.05, 0.1) is 11.9 Å². The maximum absolute atomic E-state index is 10.6. The maximum Gasteiger partial charge on any atom is 0.313 e. The molecule has 0 amide bonds. The SMILES string of the molecule is CCOC1CCCN(c2nnc(SCC(=O)O)n2C)C1. The molecule has 7 nitrogen and oxygen atoms in total. The summed E-state index contributed by atoms with van der Waals surface area (Å²) in [6.07, 6.45) is 2.37. The summed E-state index contributed by atoms with van der Waals surface area (Å²) in [5.74, 6) is -0.0793. The van der Waals surface area contributed by atoms with E-state index in [0.29, 0.717) is 5.16 Å². The van der Waals surface area contributed by atoms with Crippen molar-refractivity contribution in [2.24, 2.45) is 7.05 Å². The number of ether oxygens (including phenoxy) is 1. The fraction of sp³-hybridized carbons (Fsp3) is 0.750.